The number of fused-ring (bicyclic) bond motifs is 1. The zero-order valence-corrected chi connectivity index (χ0v) is 19.0. The quantitative estimate of drug-likeness (QED) is 0.268. The van der Waals surface area contributed by atoms with Crippen molar-refractivity contribution in [3.8, 4) is 0 Å². The molecule has 2 rings (SSSR count). The second-order valence-corrected chi connectivity index (χ2v) is 12.8. The van der Waals surface area contributed by atoms with Gasteiger partial charge >= 0.3 is 0 Å². The third kappa shape index (κ3) is 6.11. The molecule has 29 heavy (non-hydrogen) atoms. The number of nitrogens with one attached hydrogen (secondary N) is 2. The lowest BCUT2D eigenvalue weighted by molar-refractivity contribution is -0.490. The van der Waals surface area contributed by atoms with Crippen LogP contribution in [-0.4, -0.2) is 68.5 Å². The van der Waals surface area contributed by atoms with Gasteiger partial charge in [-0.15, -0.1) is 23.1 Å². The van der Waals surface area contributed by atoms with Crippen LogP contribution in [0.5, 0.6) is 0 Å². The maximum atomic E-state index is 12.6. The van der Waals surface area contributed by atoms with Gasteiger partial charge in [-0.1, -0.05) is 6.92 Å². The Morgan fingerprint density at radius 2 is 2.14 bits per heavy atom. The number of nitrogens with zero attached hydrogens (tertiary/aromatic N) is 1. The van der Waals surface area contributed by atoms with Crippen molar-refractivity contribution >= 4 is 48.9 Å². The summed E-state index contributed by atoms with van der Waals surface area (Å²) < 4.78 is 52.0. The van der Waals surface area contributed by atoms with Crippen LogP contribution < -0.4 is 10.0 Å². The van der Waals surface area contributed by atoms with Crippen LogP contribution in [0.3, 0.4) is 0 Å². The van der Waals surface area contributed by atoms with E-state index >= 15 is 0 Å². The number of sulfone groups is 1. The van der Waals surface area contributed by atoms with Gasteiger partial charge in [-0.05, 0) is 26.0 Å². The zero-order valence-electron chi connectivity index (χ0n) is 15.7. The fraction of sp³-hybridized carbons (Fsp3) is 0.643. The SMILES string of the molecule is CCN[C@H]1CC(C)S(=O)(=O)c2sc(S(=O)(=O)NC(=O)CSCCON(O)O)cc21. The van der Waals surface area contributed by atoms with Crippen LogP contribution >= 0.6 is 23.1 Å². The number of carbonyl (C=O) groups excluding carboxylic acids is 1. The van der Waals surface area contributed by atoms with E-state index in [-0.39, 0.29) is 32.6 Å². The molecule has 0 bridgehead atoms. The summed E-state index contributed by atoms with van der Waals surface area (Å²) in [6.07, 6.45) is 0.337. The van der Waals surface area contributed by atoms with Gasteiger partial charge in [-0.25, -0.2) is 26.4 Å². The maximum absolute atomic E-state index is 12.6. The van der Waals surface area contributed by atoms with Crippen LogP contribution in [0.2, 0.25) is 0 Å². The van der Waals surface area contributed by atoms with Crippen LogP contribution in [0.1, 0.15) is 31.9 Å². The second-order valence-electron chi connectivity index (χ2n) is 6.18. The van der Waals surface area contributed by atoms with Crippen LogP contribution in [0.15, 0.2) is 14.5 Å². The van der Waals surface area contributed by atoms with Crippen molar-refractivity contribution in [3.05, 3.63) is 11.6 Å². The second kappa shape index (κ2) is 10.0. The molecule has 0 spiro atoms. The highest BCUT2D eigenvalue weighted by molar-refractivity contribution is 8.00. The van der Waals surface area contributed by atoms with E-state index < -0.39 is 36.4 Å². The third-order valence-corrected chi connectivity index (χ3v) is 10.7. The average Bonchev–Trinajstić information content (AvgIpc) is 3.07. The zero-order chi connectivity index (χ0) is 21.8. The molecule has 0 saturated heterocycles. The van der Waals surface area contributed by atoms with Crippen LogP contribution in [0.4, 0.5) is 0 Å². The lowest BCUT2D eigenvalue weighted by Gasteiger charge is -2.27. The van der Waals surface area contributed by atoms with E-state index in [1.807, 2.05) is 11.6 Å². The number of rotatable bonds is 10. The number of hydrogen-bond donors (Lipinski definition) is 4. The Morgan fingerprint density at radius 3 is 2.76 bits per heavy atom. The summed E-state index contributed by atoms with van der Waals surface area (Å²) in [6.45, 7) is 3.96. The topological polar surface area (TPSA) is 162 Å². The van der Waals surface area contributed by atoms with E-state index in [1.165, 1.54) is 6.07 Å². The molecule has 2 heterocycles. The molecule has 166 valence electrons. The van der Waals surface area contributed by atoms with E-state index in [2.05, 4.69) is 10.2 Å². The maximum Gasteiger partial charge on any atom is 0.273 e. The van der Waals surface area contributed by atoms with Crippen LogP contribution in [0, 0.1) is 0 Å². The van der Waals surface area contributed by atoms with Crippen molar-refractivity contribution in [2.75, 3.05) is 24.7 Å². The summed E-state index contributed by atoms with van der Waals surface area (Å²) >= 11 is 1.66. The van der Waals surface area contributed by atoms with E-state index in [1.54, 1.807) is 6.92 Å². The van der Waals surface area contributed by atoms with E-state index in [0.717, 1.165) is 11.8 Å². The summed E-state index contributed by atoms with van der Waals surface area (Å²) in [4.78, 5) is 16.2. The minimum atomic E-state index is -4.22. The first kappa shape index (κ1) is 24.5. The lowest BCUT2D eigenvalue weighted by atomic mass is 10.1. The Bertz CT molecular complexity index is 929. The summed E-state index contributed by atoms with van der Waals surface area (Å²) in [7, 11) is -7.85. The number of amides is 1. The Morgan fingerprint density at radius 1 is 1.45 bits per heavy atom. The van der Waals surface area contributed by atoms with E-state index in [9.17, 15) is 21.6 Å². The predicted molar refractivity (Wildman–Crippen MR) is 106 cm³/mol. The molecule has 0 saturated carbocycles. The van der Waals surface area contributed by atoms with Gasteiger partial charge in [0.1, 0.15) is 8.42 Å². The van der Waals surface area contributed by atoms with Crippen molar-refractivity contribution in [2.24, 2.45) is 0 Å². The number of thiophene rings is 1. The molecule has 4 N–H and O–H groups in total. The van der Waals surface area contributed by atoms with Crippen LogP contribution in [-0.2, 0) is 29.5 Å². The van der Waals surface area contributed by atoms with Gasteiger partial charge in [0.2, 0.25) is 5.91 Å². The molecule has 0 fully saturated rings. The molecule has 0 radical (unpaired) electrons. The van der Waals surface area contributed by atoms with E-state index in [4.69, 9.17) is 10.4 Å². The minimum absolute atomic E-state index is 0.0131. The first-order valence-corrected chi connectivity index (χ1v) is 13.5. The van der Waals surface area contributed by atoms with Crippen LogP contribution in [0.25, 0.3) is 0 Å². The molecule has 15 heteroatoms. The molecule has 2 atom stereocenters. The van der Waals surface area contributed by atoms with Gasteiger partial charge in [-0.2, -0.15) is 0 Å². The van der Waals surface area contributed by atoms with Gasteiger partial charge in [-0.3, -0.25) is 15.2 Å². The smallest absolute Gasteiger partial charge is 0.273 e. The highest BCUT2D eigenvalue weighted by Gasteiger charge is 2.39. The van der Waals surface area contributed by atoms with Crippen molar-refractivity contribution in [3.63, 3.8) is 0 Å². The average molecular weight is 490 g/mol. The Kier molecular flexibility index (Phi) is 8.46. The monoisotopic (exact) mass is 489 g/mol. The molecular weight excluding hydrogens is 466 g/mol. The molecule has 1 aromatic rings. The van der Waals surface area contributed by atoms with Crippen molar-refractivity contribution < 1.29 is 36.9 Å². The number of hydrogen-bond acceptors (Lipinski definition) is 12. The standard InChI is InChI=1S/C14H23N3O8S4/c1-3-15-11-6-9(2)28(21,22)14-10(11)7-13(27-14)29(23,24)16-12(18)8-26-5-4-25-17(19)20/h7,9,11,15,19-20H,3-6,8H2,1-2H3,(H,16,18)/t9?,11-/m0/s1. The molecule has 1 aromatic heterocycles. The molecule has 1 amide bonds. The third-order valence-electron chi connectivity index (χ3n) is 4.06. The minimum Gasteiger partial charge on any atom is -0.310 e. The first-order valence-electron chi connectivity index (χ1n) is 8.54. The molecule has 1 unspecified atom stereocenters. The molecule has 1 aliphatic heterocycles. The molecule has 1 aliphatic rings. The molecule has 0 aromatic carbocycles. The summed E-state index contributed by atoms with van der Waals surface area (Å²) in [5.41, 5.74) is 0.409. The summed E-state index contributed by atoms with van der Waals surface area (Å²) in [5.74, 6) is -0.788. The van der Waals surface area contributed by atoms with Gasteiger partial charge < -0.3 is 5.32 Å². The molecule has 0 aliphatic carbocycles. The van der Waals surface area contributed by atoms with Gasteiger partial charge in [0.15, 0.2) is 9.84 Å². The highest BCUT2D eigenvalue weighted by Crippen LogP contribution is 2.42. The van der Waals surface area contributed by atoms with Crippen molar-refractivity contribution in [1.82, 2.24) is 15.4 Å². The highest BCUT2D eigenvalue weighted by atomic mass is 32.3. The van der Waals surface area contributed by atoms with E-state index in [0.29, 0.717) is 29.9 Å². The van der Waals surface area contributed by atoms with Crippen molar-refractivity contribution in [1.29, 1.82) is 0 Å². The number of sulfonamides is 1. The Labute approximate surface area is 177 Å². The summed E-state index contributed by atoms with van der Waals surface area (Å²) in [5, 5.41) is 18.8. The normalized spacial score (nSPS) is 21.1. The largest absolute Gasteiger partial charge is 0.310 e. The number of thioether (sulfide) groups is 1. The van der Waals surface area contributed by atoms with Gasteiger partial charge in [0.25, 0.3) is 10.0 Å². The Hall–Kier alpha value is -0.780. The Balaban J connectivity index is 2.12. The number of carbonyl (C=O) groups is 1. The van der Waals surface area contributed by atoms with Gasteiger partial charge in [0.05, 0.1) is 23.0 Å². The fourth-order valence-electron chi connectivity index (χ4n) is 2.74. The van der Waals surface area contributed by atoms with Crippen molar-refractivity contribution in [2.45, 2.75) is 40.0 Å². The molecular formula is C14H23N3O8S4. The lowest BCUT2D eigenvalue weighted by Crippen LogP contribution is -2.33. The molecule has 11 nitrogen and oxygen atoms in total. The fourth-order valence-corrected chi connectivity index (χ4v) is 8.41. The van der Waals surface area contributed by atoms with Gasteiger partial charge in [0, 0.05) is 17.4 Å². The summed E-state index contributed by atoms with van der Waals surface area (Å²) in [6, 6.07) is 1.03. The predicted octanol–water partition coefficient (Wildman–Crippen LogP) is 0.515. The first-order chi connectivity index (χ1) is 13.5.